The molecular formula is C29H40N4O12. The monoisotopic (exact) mass is 636 g/mol. The summed E-state index contributed by atoms with van der Waals surface area (Å²) >= 11 is 0. The number of amides is 1. The van der Waals surface area contributed by atoms with Crippen LogP contribution in [0.2, 0.25) is 0 Å². The summed E-state index contributed by atoms with van der Waals surface area (Å²) in [5, 5.41) is 81.5. The normalized spacial score (nSPS) is 32.0. The van der Waals surface area contributed by atoms with Crippen LogP contribution in [0.4, 0.5) is 17.1 Å². The minimum absolute atomic E-state index is 0.0156. The van der Waals surface area contributed by atoms with Crippen LogP contribution in [0.1, 0.15) is 10.4 Å². The molecule has 2 aromatic rings. The number of carbonyl (C=O) groups excluding carboxylic acids is 1. The van der Waals surface area contributed by atoms with E-state index in [1.165, 1.54) is 0 Å². The highest BCUT2D eigenvalue weighted by Gasteiger charge is 2.50. The quantitative estimate of drug-likeness (QED) is 0.0984. The lowest BCUT2D eigenvalue weighted by molar-refractivity contribution is -0.367. The molecule has 248 valence electrons. The molecule has 2 fully saturated rings. The van der Waals surface area contributed by atoms with E-state index in [-0.39, 0.29) is 13.2 Å². The molecule has 2 heterocycles. The van der Waals surface area contributed by atoms with E-state index in [0.29, 0.717) is 16.9 Å². The van der Waals surface area contributed by atoms with E-state index >= 15 is 0 Å². The van der Waals surface area contributed by atoms with Crippen molar-refractivity contribution in [2.75, 3.05) is 45.4 Å². The Morgan fingerprint density at radius 1 is 0.778 bits per heavy atom. The van der Waals surface area contributed by atoms with Crippen molar-refractivity contribution in [2.45, 2.75) is 61.4 Å². The van der Waals surface area contributed by atoms with Crippen LogP contribution in [0, 0.1) is 0 Å². The summed E-state index contributed by atoms with van der Waals surface area (Å²) in [7, 11) is 3.89. The van der Waals surface area contributed by atoms with E-state index in [9.17, 15) is 40.5 Å². The number of ether oxygens (including phenoxy) is 4. The first-order valence-electron chi connectivity index (χ1n) is 14.3. The van der Waals surface area contributed by atoms with Crippen LogP contribution >= 0.6 is 0 Å². The number of aliphatic hydroxyl groups is 7. The zero-order valence-corrected chi connectivity index (χ0v) is 24.7. The van der Waals surface area contributed by atoms with E-state index in [2.05, 4.69) is 15.5 Å². The highest BCUT2D eigenvalue weighted by Crippen LogP contribution is 2.29. The zero-order valence-electron chi connectivity index (χ0n) is 24.7. The molecule has 0 radical (unpaired) electrons. The lowest BCUT2D eigenvalue weighted by atomic mass is 9.97. The van der Waals surface area contributed by atoms with Gasteiger partial charge in [0.15, 0.2) is 12.6 Å². The van der Waals surface area contributed by atoms with Crippen molar-refractivity contribution in [3.8, 4) is 0 Å². The number of azo groups is 1. The summed E-state index contributed by atoms with van der Waals surface area (Å²) in [5.74, 6) is -0.413. The number of aliphatic hydroxyl groups excluding tert-OH is 7. The van der Waals surface area contributed by atoms with Gasteiger partial charge >= 0.3 is 0 Å². The fraction of sp³-hybridized carbons (Fsp3) is 0.552. The second kappa shape index (κ2) is 15.9. The minimum atomic E-state index is -1.79. The molecule has 10 atom stereocenters. The van der Waals surface area contributed by atoms with Gasteiger partial charge in [0.25, 0.3) is 5.91 Å². The molecule has 16 heteroatoms. The van der Waals surface area contributed by atoms with Gasteiger partial charge in [0.2, 0.25) is 0 Å². The first-order chi connectivity index (χ1) is 21.5. The average Bonchev–Trinajstić information content (AvgIpc) is 3.05. The molecule has 45 heavy (non-hydrogen) atoms. The molecule has 4 rings (SSSR count). The highest BCUT2D eigenvalue weighted by molar-refractivity contribution is 5.94. The predicted molar refractivity (Wildman–Crippen MR) is 156 cm³/mol. The van der Waals surface area contributed by atoms with Crippen molar-refractivity contribution in [3.05, 3.63) is 54.1 Å². The second-order valence-electron chi connectivity index (χ2n) is 10.8. The molecule has 0 saturated carbocycles. The lowest BCUT2D eigenvalue weighted by Crippen LogP contribution is -2.64. The third-order valence-corrected chi connectivity index (χ3v) is 7.41. The molecule has 0 bridgehead atoms. The SMILES string of the molecule is CN(C)c1ccc(N=Nc2ccc(C(=O)NCCO[C@H]3O[C@H](CO)[C@@H](O)[C@H](O)[C@@H]3O[C@H]3O[C@H](CO)[C@@H](O)[C@H](O)[C@@H]3O)cc2)cc1. The third kappa shape index (κ3) is 8.57. The van der Waals surface area contributed by atoms with E-state index in [4.69, 9.17) is 18.9 Å². The van der Waals surface area contributed by atoms with Gasteiger partial charge in [0.05, 0.1) is 31.2 Å². The van der Waals surface area contributed by atoms with Gasteiger partial charge in [-0.05, 0) is 48.5 Å². The Hall–Kier alpha value is -3.13. The molecule has 2 aromatic carbocycles. The van der Waals surface area contributed by atoms with Crippen molar-refractivity contribution in [2.24, 2.45) is 10.2 Å². The van der Waals surface area contributed by atoms with Gasteiger partial charge < -0.3 is 64.9 Å². The largest absolute Gasteiger partial charge is 0.394 e. The number of anilines is 1. The van der Waals surface area contributed by atoms with Gasteiger partial charge in [-0.3, -0.25) is 4.79 Å². The Labute approximate surface area is 259 Å². The molecule has 1 amide bonds. The maximum Gasteiger partial charge on any atom is 0.251 e. The fourth-order valence-electron chi connectivity index (χ4n) is 4.72. The fourth-order valence-corrected chi connectivity index (χ4v) is 4.72. The van der Waals surface area contributed by atoms with Gasteiger partial charge in [-0.15, -0.1) is 0 Å². The molecule has 0 aromatic heterocycles. The van der Waals surface area contributed by atoms with Gasteiger partial charge in [-0.25, -0.2) is 0 Å². The van der Waals surface area contributed by atoms with Crippen molar-refractivity contribution >= 4 is 23.0 Å². The smallest absolute Gasteiger partial charge is 0.251 e. The van der Waals surface area contributed by atoms with Gasteiger partial charge in [0, 0.05) is 31.9 Å². The number of nitrogens with zero attached hydrogens (tertiary/aromatic N) is 3. The summed E-state index contributed by atoms with van der Waals surface area (Å²) in [5.41, 5.74) is 2.61. The topological polar surface area (TPSA) is 236 Å². The maximum atomic E-state index is 12.7. The molecule has 2 aliphatic heterocycles. The number of benzene rings is 2. The second-order valence-corrected chi connectivity index (χ2v) is 10.8. The highest BCUT2D eigenvalue weighted by atomic mass is 16.8. The lowest BCUT2D eigenvalue weighted by Gasteiger charge is -2.45. The van der Waals surface area contributed by atoms with E-state index in [1.54, 1.807) is 24.3 Å². The van der Waals surface area contributed by atoms with Crippen LogP contribution in [0.3, 0.4) is 0 Å². The number of hydrogen-bond acceptors (Lipinski definition) is 15. The minimum Gasteiger partial charge on any atom is -0.394 e. The molecule has 0 unspecified atom stereocenters. The van der Waals surface area contributed by atoms with Gasteiger partial charge in [-0.2, -0.15) is 10.2 Å². The van der Waals surface area contributed by atoms with Crippen LogP contribution in [0.5, 0.6) is 0 Å². The number of nitrogens with one attached hydrogen (secondary N) is 1. The van der Waals surface area contributed by atoms with E-state index in [1.807, 2.05) is 43.3 Å². The zero-order chi connectivity index (χ0) is 32.7. The summed E-state index contributed by atoms with van der Waals surface area (Å²) < 4.78 is 22.1. The number of rotatable bonds is 12. The van der Waals surface area contributed by atoms with Crippen LogP contribution in [0.15, 0.2) is 58.8 Å². The van der Waals surface area contributed by atoms with Crippen LogP contribution in [-0.2, 0) is 18.9 Å². The summed E-state index contributed by atoms with van der Waals surface area (Å²) in [6, 6.07) is 14.0. The molecule has 16 nitrogen and oxygen atoms in total. The molecule has 0 aliphatic carbocycles. The third-order valence-electron chi connectivity index (χ3n) is 7.41. The van der Waals surface area contributed by atoms with E-state index in [0.717, 1.165) is 5.69 Å². The summed E-state index contributed by atoms with van der Waals surface area (Å²) in [6.07, 6.45) is -15.6. The summed E-state index contributed by atoms with van der Waals surface area (Å²) in [6.45, 7) is -1.55. The number of carbonyl (C=O) groups is 1. The predicted octanol–water partition coefficient (Wildman–Crippen LogP) is -1.46. The Bertz CT molecular complexity index is 1250. The Balaban J connectivity index is 1.31. The molecule has 2 aliphatic rings. The molecule has 8 N–H and O–H groups in total. The first kappa shape index (κ1) is 34.7. The van der Waals surface area contributed by atoms with Crippen molar-refractivity contribution < 1.29 is 59.5 Å². The number of hydrogen-bond donors (Lipinski definition) is 8. The Morgan fingerprint density at radius 2 is 1.31 bits per heavy atom. The van der Waals surface area contributed by atoms with Gasteiger partial charge in [0.1, 0.15) is 48.8 Å². The first-order valence-corrected chi connectivity index (χ1v) is 14.3. The van der Waals surface area contributed by atoms with E-state index < -0.39 is 80.5 Å². The maximum absolute atomic E-state index is 12.7. The Morgan fingerprint density at radius 3 is 1.87 bits per heavy atom. The van der Waals surface area contributed by atoms with Crippen LogP contribution in [0.25, 0.3) is 0 Å². The standard InChI is InChI=1S/C29H40N4O12/c1-33(2)18-9-7-17(8-10-18)32-31-16-5-3-15(4-6-16)27(41)30-11-12-42-29-26(24(39)22(37)20(14-35)44-29)45-28-25(40)23(38)21(36)19(13-34)43-28/h3-10,19-26,28-29,34-40H,11-14H2,1-2H3,(H,30,41)/t19-,20-,21-,22-,23+,24+,25+,26+,28-,29+/m1/s1. The molecule has 2 saturated heterocycles. The molecule has 0 spiro atoms. The summed E-state index contributed by atoms with van der Waals surface area (Å²) in [4.78, 5) is 14.6. The van der Waals surface area contributed by atoms with Crippen molar-refractivity contribution in [1.82, 2.24) is 5.32 Å². The van der Waals surface area contributed by atoms with Crippen molar-refractivity contribution in [3.63, 3.8) is 0 Å². The Kier molecular flexibility index (Phi) is 12.3. The molecular weight excluding hydrogens is 596 g/mol. The van der Waals surface area contributed by atoms with Crippen LogP contribution in [-0.4, -0.2) is 144 Å². The van der Waals surface area contributed by atoms with Crippen molar-refractivity contribution in [1.29, 1.82) is 0 Å². The average molecular weight is 637 g/mol. The van der Waals surface area contributed by atoms with Crippen LogP contribution < -0.4 is 10.2 Å². The van der Waals surface area contributed by atoms with Gasteiger partial charge in [-0.1, -0.05) is 0 Å².